The summed E-state index contributed by atoms with van der Waals surface area (Å²) in [6.07, 6.45) is 0.656. The summed E-state index contributed by atoms with van der Waals surface area (Å²) in [5.41, 5.74) is 0. The minimum atomic E-state index is -0.376. The van der Waals surface area contributed by atoms with Gasteiger partial charge in [0.2, 0.25) is 0 Å². The first-order valence-electron chi connectivity index (χ1n) is 5.53. The van der Waals surface area contributed by atoms with Gasteiger partial charge in [-0.2, -0.15) is 0 Å². The maximum absolute atomic E-state index is 9.89. The normalized spacial score (nSPS) is 22.0. The smallest absolute Gasteiger partial charge is 0.119 e. The molecule has 3 nitrogen and oxygen atoms in total. The van der Waals surface area contributed by atoms with Gasteiger partial charge in [-0.3, -0.25) is 0 Å². The van der Waals surface area contributed by atoms with E-state index in [-0.39, 0.29) is 6.10 Å². The Labute approximate surface area is 104 Å². The molecular weight excluding hydrogens is 270 g/mol. The van der Waals surface area contributed by atoms with E-state index in [1.165, 1.54) is 0 Å². The predicted octanol–water partition coefficient (Wildman–Crippen LogP) is 1.80. The first-order chi connectivity index (χ1) is 7.75. The molecule has 1 aliphatic rings. The second-order valence-corrected chi connectivity index (χ2v) is 5.00. The van der Waals surface area contributed by atoms with Crippen LogP contribution < -0.4 is 10.1 Å². The molecule has 0 radical (unpaired) electrons. The number of hydrogen-bond donors (Lipinski definition) is 2. The molecule has 2 rings (SSSR count). The minimum absolute atomic E-state index is 0.329. The summed E-state index contributed by atoms with van der Waals surface area (Å²) in [5, 5.41) is 13.1. The van der Waals surface area contributed by atoms with Crippen LogP contribution in [0.25, 0.3) is 0 Å². The van der Waals surface area contributed by atoms with Gasteiger partial charge in [0.25, 0.3) is 0 Å². The lowest BCUT2D eigenvalue weighted by atomic mass is 10.0. The first kappa shape index (κ1) is 11.9. The molecule has 2 N–H and O–H groups in total. The summed E-state index contributed by atoms with van der Waals surface area (Å²) in [4.78, 5) is 0. The summed E-state index contributed by atoms with van der Waals surface area (Å²) in [5.74, 6) is 1.13. The minimum Gasteiger partial charge on any atom is -0.491 e. The fourth-order valence-electron chi connectivity index (χ4n) is 1.85. The van der Waals surface area contributed by atoms with Crippen LogP contribution in [-0.2, 0) is 0 Å². The molecule has 1 aliphatic heterocycles. The monoisotopic (exact) mass is 285 g/mol. The van der Waals surface area contributed by atoms with Gasteiger partial charge in [0.05, 0.1) is 6.10 Å². The van der Waals surface area contributed by atoms with Gasteiger partial charge < -0.3 is 15.2 Å². The Kier molecular flexibility index (Phi) is 4.21. The number of ether oxygens (including phenoxy) is 1. The zero-order valence-electron chi connectivity index (χ0n) is 9.03. The highest BCUT2D eigenvalue weighted by Gasteiger charge is 2.23. The molecule has 0 spiro atoms. The van der Waals surface area contributed by atoms with Crippen LogP contribution in [0.1, 0.15) is 6.42 Å². The number of aliphatic hydroxyl groups is 1. The van der Waals surface area contributed by atoms with E-state index in [0.29, 0.717) is 12.5 Å². The van der Waals surface area contributed by atoms with E-state index in [1.807, 2.05) is 24.3 Å². The van der Waals surface area contributed by atoms with Crippen molar-refractivity contribution < 1.29 is 9.84 Å². The van der Waals surface area contributed by atoms with Crippen LogP contribution in [0.4, 0.5) is 0 Å². The molecule has 0 amide bonds. The van der Waals surface area contributed by atoms with Crippen molar-refractivity contribution in [1.82, 2.24) is 5.32 Å². The van der Waals surface area contributed by atoms with E-state index < -0.39 is 0 Å². The lowest BCUT2D eigenvalue weighted by Crippen LogP contribution is -2.28. The average molecular weight is 286 g/mol. The van der Waals surface area contributed by atoms with Crippen molar-refractivity contribution in [3.63, 3.8) is 0 Å². The highest BCUT2D eigenvalue weighted by atomic mass is 79.9. The van der Waals surface area contributed by atoms with Crippen molar-refractivity contribution >= 4 is 15.9 Å². The average Bonchev–Trinajstić information content (AvgIpc) is 2.81. The third-order valence-corrected chi connectivity index (χ3v) is 3.41. The molecule has 88 valence electrons. The third kappa shape index (κ3) is 3.20. The van der Waals surface area contributed by atoms with Crippen LogP contribution in [0, 0.1) is 5.92 Å². The Morgan fingerprint density at radius 1 is 1.44 bits per heavy atom. The molecule has 1 aromatic rings. The molecule has 2 unspecified atom stereocenters. The summed E-state index contributed by atoms with van der Waals surface area (Å²) < 4.78 is 6.56. The Balaban J connectivity index is 1.80. The fourth-order valence-corrected chi connectivity index (χ4v) is 2.12. The van der Waals surface area contributed by atoms with Crippen molar-refractivity contribution in [3.8, 4) is 5.75 Å². The Hall–Kier alpha value is -0.580. The van der Waals surface area contributed by atoms with Crippen molar-refractivity contribution in [3.05, 3.63) is 28.7 Å². The maximum atomic E-state index is 9.89. The number of hydrogen-bond acceptors (Lipinski definition) is 3. The fraction of sp³-hybridized carbons (Fsp3) is 0.500. The van der Waals surface area contributed by atoms with E-state index in [2.05, 4.69) is 21.2 Å². The number of halogens is 1. The summed E-state index contributed by atoms with van der Waals surface area (Å²) in [6.45, 7) is 2.26. The number of aliphatic hydroxyl groups excluding tert-OH is 1. The van der Waals surface area contributed by atoms with Crippen LogP contribution in [0.15, 0.2) is 28.7 Å². The molecule has 0 bridgehead atoms. The number of nitrogens with one attached hydrogen (secondary N) is 1. The first-order valence-corrected chi connectivity index (χ1v) is 6.32. The van der Waals surface area contributed by atoms with Gasteiger partial charge in [0.15, 0.2) is 0 Å². The summed E-state index contributed by atoms with van der Waals surface area (Å²) in [7, 11) is 0. The third-order valence-electron chi connectivity index (χ3n) is 2.88. The zero-order valence-corrected chi connectivity index (χ0v) is 10.6. The second-order valence-electron chi connectivity index (χ2n) is 4.09. The van der Waals surface area contributed by atoms with Gasteiger partial charge in [-0.1, -0.05) is 15.9 Å². The number of benzene rings is 1. The highest BCUT2D eigenvalue weighted by molar-refractivity contribution is 9.10. The lowest BCUT2D eigenvalue weighted by molar-refractivity contribution is 0.0641. The highest BCUT2D eigenvalue weighted by Crippen LogP contribution is 2.18. The van der Waals surface area contributed by atoms with Crippen molar-refractivity contribution in [2.24, 2.45) is 5.92 Å². The van der Waals surface area contributed by atoms with Crippen molar-refractivity contribution in [1.29, 1.82) is 0 Å². The number of rotatable bonds is 4. The standard InChI is InChI=1S/C12H16BrNO2/c13-10-1-3-11(4-2-10)16-8-12(15)9-5-6-14-7-9/h1-4,9,12,14-15H,5-8H2. The van der Waals surface area contributed by atoms with Crippen molar-refractivity contribution in [2.75, 3.05) is 19.7 Å². The quantitative estimate of drug-likeness (QED) is 0.887. The molecule has 1 saturated heterocycles. The largest absolute Gasteiger partial charge is 0.491 e. The van der Waals surface area contributed by atoms with Crippen LogP contribution in [-0.4, -0.2) is 30.9 Å². The molecule has 0 aromatic heterocycles. The van der Waals surface area contributed by atoms with Crippen LogP contribution in [0.3, 0.4) is 0 Å². The van der Waals surface area contributed by atoms with E-state index in [0.717, 1.165) is 29.7 Å². The SMILES string of the molecule is OC(COc1ccc(Br)cc1)C1CCNC1. The molecule has 2 atom stereocenters. The molecule has 4 heteroatoms. The van der Waals surface area contributed by atoms with Gasteiger partial charge in [-0.05, 0) is 37.2 Å². The second kappa shape index (κ2) is 5.66. The van der Waals surface area contributed by atoms with E-state index >= 15 is 0 Å². The van der Waals surface area contributed by atoms with Crippen LogP contribution >= 0.6 is 15.9 Å². The Bertz CT molecular complexity index is 322. The summed E-state index contributed by atoms with van der Waals surface area (Å²) in [6, 6.07) is 7.64. The summed E-state index contributed by atoms with van der Waals surface area (Å²) >= 11 is 3.37. The van der Waals surface area contributed by atoms with E-state index in [1.54, 1.807) is 0 Å². The van der Waals surface area contributed by atoms with Gasteiger partial charge in [0.1, 0.15) is 12.4 Å². The van der Waals surface area contributed by atoms with Crippen LogP contribution in [0.5, 0.6) is 5.75 Å². The molecular formula is C12H16BrNO2. The van der Waals surface area contributed by atoms with Crippen LogP contribution in [0.2, 0.25) is 0 Å². The van der Waals surface area contributed by atoms with Gasteiger partial charge in [-0.15, -0.1) is 0 Å². The molecule has 0 aliphatic carbocycles. The Morgan fingerprint density at radius 2 is 2.19 bits per heavy atom. The van der Waals surface area contributed by atoms with E-state index in [4.69, 9.17) is 4.74 Å². The lowest BCUT2D eigenvalue weighted by Gasteiger charge is -2.17. The Morgan fingerprint density at radius 3 is 2.81 bits per heavy atom. The molecule has 1 aromatic carbocycles. The molecule has 1 heterocycles. The van der Waals surface area contributed by atoms with Gasteiger partial charge in [0, 0.05) is 16.9 Å². The molecule has 0 saturated carbocycles. The predicted molar refractivity (Wildman–Crippen MR) is 66.6 cm³/mol. The van der Waals surface area contributed by atoms with E-state index in [9.17, 15) is 5.11 Å². The van der Waals surface area contributed by atoms with Gasteiger partial charge >= 0.3 is 0 Å². The molecule has 16 heavy (non-hydrogen) atoms. The van der Waals surface area contributed by atoms with Crippen molar-refractivity contribution in [2.45, 2.75) is 12.5 Å². The molecule has 1 fully saturated rings. The zero-order chi connectivity index (χ0) is 11.4. The topological polar surface area (TPSA) is 41.5 Å². The van der Waals surface area contributed by atoms with Gasteiger partial charge in [-0.25, -0.2) is 0 Å². The maximum Gasteiger partial charge on any atom is 0.119 e.